The maximum atomic E-state index is 6.67. The second-order valence-corrected chi connectivity index (χ2v) is 10.2. The second kappa shape index (κ2) is 10.0. The van der Waals surface area contributed by atoms with Gasteiger partial charge in [-0.25, -0.2) is 4.98 Å². The van der Waals surface area contributed by atoms with E-state index in [-0.39, 0.29) is 6.17 Å². The molecule has 5 rings (SSSR count). The van der Waals surface area contributed by atoms with Gasteiger partial charge >= 0.3 is 0 Å². The van der Waals surface area contributed by atoms with Gasteiger partial charge in [0.15, 0.2) is 0 Å². The van der Waals surface area contributed by atoms with Crippen molar-refractivity contribution in [2.45, 2.75) is 57.7 Å². The molecule has 3 aromatic rings. The highest BCUT2D eigenvalue weighted by Crippen LogP contribution is 2.34. The molecule has 1 unspecified atom stereocenters. The number of nitrogens with two attached hydrogens (primary N) is 1. The number of fused-ring (bicyclic) bond motifs is 1. The maximum absolute atomic E-state index is 6.67. The first kappa shape index (κ1) is 23.9. The minimum absolute atomic E-state index is 0.0864. The molecule has 35 heavy (non-hydrogen) atoms. The molecule has 2 N–H and O–H groups in total. The number of benzene rings is 1. The van der Waals surface area contributed by atoms with Crippen molar-refractivity contribution >= 4 is 28.2 Å². The van der Waals surface area contributed by atoms with Crippen LogP contribution in [0, 0.1) is 0 Å². The molecule has 6 nitrogen and oxygen atoms in total. The average Bonchev–Trinajstić information content (AvgIpc) is 3.30. The topological polar surface area (TPSA) is 63.2 Å². The van der Waals surface area contributed by atoms with Gasteiger partial charge in [0, 0.05) is 41.6 Å². The van der Waals surface area contributed by atoms with Crippen molar-refractivity contribution in [3.05, 3.63) is 66.1 Å². The van der Waals surface area contributed by atoms with Crippen LogP contribution in [0.3, 0.4) is 0 Å². The lowest BCUT2D eigenvalue weighted by Gasteiger charge is -2.43. The van der Waals surface area contributed by atoms with E-state index in [1.54, 1.807) is 0 Å². The van der Waals surface area contributed by atoms with E-state index in [1.807, 2.05) is 18.3 Å². The number of pyridine rings is 1. The highest BCUT2D eigenvalue weighted by molar-refractivity contribution is 6.35. The third kappa shape index (κ3) is 4.82. The lowest BCUT2D eigenvalue weighted by Crippen LogP contribution is -2.55. The predicted octanol–water partition coefficient (Wildman–Crippen LogP) is 6.05. The quantitative estimate of drug-likeness (QED) is 0.416. The maximum Gasteiger partial charge on any atom is 0.0946 e. The fourth-order valence-electron chi connectivity index (χ4n) is 4.99. The molecule has 2 aromatic heterocycles. The fourth-order valence-corrected chi connectivity index (χ4v) is 5.25. The number of hydrogen-bond donors (Lipinski definition) is 1. The Morgan fingerprint density at radius 2 is 2.03 bits per heavy atom. The molecule has 2 fully saturated rings. The zero-order chi connectivity index (χ0) is 24.5. The minimum Gasteiger partial charge on any atom is -0.366 e. The van der Waals surface area contributed by atoms with Crippen LogP contribution in [0.5, 0.6) is 0 Å². The summed E-state index contributed by atoms with van der Waals surface area (Å²) in [7, 11) is 0. The molecule has 1 aliphatic heterocycles. The number of allylic oxidation sites excluding steroid dienone is 1. The molecule has 3 heterocycles. The highest BCUT2D eigenvalue weighted by atomic mass is 35.5. The minimum atomic E-state index is -0.0864. The lowest BCUT2D eigenvalue weighted by atomic mass is 9.93. The Bertz CT molecular complexity index is 1240. The number of unbranched alkanes of at least 4 members (excludes halogenated alkanes) is 1. The van der Waals surface area contributed by atoms with Crippen molar-refractivity contribution in [2.75, 3.05) is 19.6 Å². The van der Waals surface area contributed by atoms with Crippen LogP contribution in [0.2, 0.25) is 5.02 Å². The molecular weight excluding hydrogens is 456 g/mol. The third-order valence-corrected chi connectivity index (χ3v) is 7.78. The highest BCUT2D eigenvalue weighted by Gasteiger charge is 2.26. The molecule has 0 amide bonds. The van der Waals surface area contributed by atoms with Crippen LogP contribution in [0.15, 0.2) is 55.5 Å². The van der Waals surface area contributed by atoms with Crippen molar-refractivity contribution in [1.29, 1.82) is 0 Å². The van der Waals surface area contributed by atoms with Gasteiger partial charge in [0.2, 0.25) is 0 Å². The number of piperazine rings is 1. The van der Waals surface area contributed by atoms with Gasteiger partial charge in [0.05, 0.1) is 41.2 Å². The van der Waals surface area contributed by atoms with Gasteiger partial charge in [-0.05, 0) is 49.8 Å². The number of rotatable bonds is 8. The summed E-state index contributed by atoms with van der Waals surface area (Å²) >= 11 is 6.67. The van der Waals surface area contributed by atoms with Crippen LogP contribution in [-0.2, 0) is 0 Å². The Kier molecular flexibility index (Phi) is 6.85. The van der Waals surface area contributed by atoms with E-state index in [1.165, 1.54) is 19.3 Å². The molecule has 0 bridgehead atoms. The molecule has 1 aliphatic carbocycles. The average molecular weight is 491 g/mol. The Balaban J connectivity index is 1.34. The lowest BCUT2D eigenvalue weighted by molar-refractivity contribution is 0.142. The van der Waals surface area contributed by atoms with E-state index < -0.39 is 0 Å². The first-order valence-electron chi connectivity index (χ1n) is 12.7. The fraction of sp³-hybridized carbons (Fsp3) is 0.429. The van der Waals surface area contributed by atoms with Gasteiger partial charge in [-0.3, -0.25) is 4.68 Å². The number of halogens is 1. The van der Waals surface area contributed by atoms with Gasteiger partial charge in [-0.2, -0.15) is 5.10 Å². The van der Waals surface area contributed by atoms with E-state index in [2.05, 4.69) is 58.0 Å². The summed E-state index contributed by atoms with van der Waals surface area (Å²) in [5, 5.41) is 6.20. The molecule has 184 valence electrons. The van der Waals surface area contributed by atoms with E-state index >= 15 is 0 Å². The molecular formula is C28H35ClN6. The van der Waals surface area contributed by atoms with Crippen molar-refractivity contribution in [1.82, 2.24) is 24.6 Å². The van der Waals surface area contributed by atoms with Crippen molar-refractivity contribution in [3.8, 4) is 11.3 Å². The van der Waals surface area contributed by atoms with Crippen LogP contribution in [0.25, 0.3) is 27.9 Å². The smallest absolute Gasteiger partial charge is 0.0946 e. The summed E-state index contributed by atoms with van der Waals surface area (Å²) in [6.45, 7) is 13.3. The Hall–Kier alpha value is -2.83. The van der Waals surface area contributed by atoms with E-state index in [0.29, 0.717) is 11.1 Å². The standard InChI is InChI=1S/C28H35ClN6/c1-4-5-7-19(2)34-13-12-33(18-28(34)30)20(3)21-10-11-24-25(29)15-26(32-27(24)14-21)22-16-31-35(17-22)23-8-6-9-23/h10-11,14-17,23,28H,2-9,12-13,18,30H2,1H3. The van der Waals surface area contributed by atoms with Crippen LogP contribution in [0.1, 0.15) is 57.1 Å². The number of hydrogen-bond acceptors (Lipinski definition) is 5. The van der Waals surface area contributed by atoms with Crippen molar-refractivity contribution in [2.24, 2.45) is 5.73 Å². The van der Waals surface area contributed by atoms with Gasteiger partial charge in [-0.15, -0.1) is 0 Å². The summed E-state index contributed by atoms with van der Waals surface area (Å²) in [6.07, 6.45) is 10.9. The number of aromatic nitrogens is 3. The van der Waals surface area contributed by atoms with Crippen LogP contribution >= 0.6 is 11.6 Å². The SMILES string of the molecule is C=C(c1ccc2c(Cl)cc(-c3cnn(C4CCC4)c3)nc2c1)N1CCN(C(=C)CCCC)C(N)C1. The number of nitrogens with zero attached hydrogens (tertiary/aromatic N) is 5. The second-order valence-electron chi connectivity index (χ2n) is 9.84. The predicted molar refractivity (Wildman–Crippen MR) is 145 cm³/mol. The Morgan fingerprint density at radius 3 is 2.74 bits per heavy atom. The Morgan fingerprint density at radius 1 is 1.20 bits per heavy atom. The molecule has 2 aliphatic rings. The Labute approximate surface area is 213 Å². The summed E-state index contributed by atoms with van der Waals surface area (Å²) < 4.78 is 2.07. The van der Waals surface area contributed by atoms with E-state index in [4.69, 9.17) is 22.3 Å². The first-order chi connectivity index (χ1) is 16.9. The summed E-state index contributed by atoms with van der Waals surface area (Å²) in [6, 6.07) is 8.65. The van der Waals surface area contributed by atoms with E-state index in [0.717, 1.165) is 78.0 Å². The molecule has 1 atom stereocenters. The molecule has 1 saturated carbocycles. The van der Waals surface area contributed by atoms with Gasteiger partial charge < -0.3 is 15.5 Å². The molecule has 0 spiro atoms. The van der Waals surface area contributed by atoms with Gasteiger partial charge in [0.25, 0.3) is 0 Å². The van der Waals surface area contributed by atoms with Gasteiger partial charge in [0.1, 0.15) is 0 Å². The zero-order valence-corrected chi connectivity index (χ0v) is 21.3. The largest absolute Gasteiger partial charge is 0.366 e. The van der Waals surface area contributed by atoms with Crippen molar-refractivity contribution in [3.63, 3.8) is 0 Å². The van der Waals surface area contributed by atoms with E-state index in [9.17, 15) is 0 Å². The van der Waals surface area contributed by atoms with Gasteiger partial charge in [-0.1, -0.05) is 50.2 Å². The zero-order valence-electron chi connectivity index (χ0n) is 20.6. The van der Waals surface area contributed by atoms with Crippen LogP contribution in [-0.4, -0.2) is 50.4 Å². The molecule has 1 saturated heterocycles. The first-order valence-corrected chi connectivity index (χ1v) is 13.1. The molecule has 7 heteroatoms. The molecule has 1 aromatic carbocycles. The third-order valence-electron chi connectivity index (χ3n) is 7.46. The van der Waals surface area contributed by atoms with Crippen LogP contribution in [0.4, 0.5) is 0 Å². The van der Waals surface area contributed by atoms with Crippen molar-refractivity contribution < 1.29 is 0 Å². The normalized spacial score (nSPS) is 18.7. The molecule has 0 radical (unpaired) electrons. The summed E-state index contributed by atoms with van der Waals surface area (Å²) in [4.78, 5) is 9.46. The monoisotopic (exact) mass is 490 g/mol. The summed E-state index contributed by atoms with van der Waals surface area (Å²) in [5.74, 6) is 0. The van der Waals surface area contributed by atoms with Crippen LogP contribution < -0.4 is 5.73 Å². The summed E-state index contributed by atoms with van der Waals surface area (Å²) in [5.41, 5.74) is 12.4.